The fourth-order valence-electron chi connectivity index (χ4n) is 4.24. The Morgan fingerprint density at radius 3 is 2.40 bits per heavy atom. The average Bonchev–Trinajstić information content (AvgIpc) is 2.84. The number of nitrogens with zero attached hydrogens (tertiary/aromatic N) is 2. The van der Waals surface area contributed by atoms with Crippen molar-refractivity contribution >= 4 is 11.6 Å². The van der Waals surface area contributed by atoms with Gasteiger partial charge in [-0.15, -0.1) is 0 Å². The van der Waals surface area contributed by atoms with Gasteiger partial charge in [-0.25, -0.2) is 0 Å². The van der Waals surface area contributed by atoms with Crippen LogP contribution in [0.1, 0.15) is 31.9 Å². The smallest absolute Gasteiger partial charge is 0.369 e. The van der Waals surface area contributed by atoms with Crippen molar-refractivity contribution in [1.29, 1.82) is 5.26 Å². The number of benzene rings is 2. The van der Waals surface area contributed by atoms with E-state index in [2.05, 4.69) is 20.9 Å². The molecule has 9 heteroatoms. The number of rotatable bonds is 9. The summed E-state index contributed by atoms with van der Waals surface area (Å²) in [7, 11) is 0. The molecule has 0 aliphatic carbocycles. The Labute approximate surface area is 204 Å². The fraction of sp³-hybridized carbons (Fsp3) is 0.462. The minimum atomic E-state index is -4.62. The van der Waals surface area contributed by atoms with Crippen molar-refractivity contribution in [2.24, 2.45) is 5.92 Å². The monoisotopic (exact) mass is 487 g/mol. The van der Waals surface area contributed by atoms with E-state index in [0.717, 1.165) is 37.4 Å². The van der Waals surface area contributed by atoms with Crippen molar-refractivity contribution in [3.8, 4) is 17.2 Å². The highest BCUT2D eigenvalue weighted by atomic mass is 19.4. The molecule has 2 aromatic rings. The maximum Gasteiger partial charge on any atom is 0.407 e. The Hall–Kier alpha value is -3.09. The van der Waals surface area contributed by atoms with E-state index in [4.69, 9.17) is 5.26 Å². The van der Waals surface area contributed by atoms with Crippen molar-refractivity contribution in [1.82, 2.24) is 16.0 Å². The van der Waals surface area contributed by atoms with Crippen molar-refractivity contribution in [2.75, 3.05) is 37.6 Å². The predicted octanol–water partition coefficient (Wildman–Crippen LogP) is 4.01. The quantitative estimate of drug-likeness (QED) is 0.466. The SMILES string of the molecule is CC(C)C[C@H](NC(c1cccc(-c2ccc(N3CCNCC3)cc2)c1)C(F)(F)F)C(=O)NCC#N. The molecule has 6 nitrogen and oxygen atoms in total. The second-order valence-corrected chi connectivity index (χ2v) is 9.11. The van der Waals surface area contributed by atoms with Gasteiger partial charge in [0.1, 0.15) is 12.6 Å². The number of carbonyl (C=O) groups is 1. The first kappa shape index (κ1) is 26.5. The summed E-state index contributed by atoms with van der Waals surface area (Å²) in [6.45, 7) is 7.06. The van der Waals surface area contributed by atoms with Crippen molar-refractivity contribution in [3.05, 3.63) is 54.1 Å². The van der Waals surface area contributed by atoms with E-state index >= 15 is 0 Å². The normalized spacial score (nSPS) is 16.0. The topological polar surface area (TPSA) is 80.2 Å². The fourth-order valence-corrected chi connectivity index (χ4v) is 4.24. The van der Waals surface area contributed by atoms with Crippen LogP contribution in [0.5, 0.6) is 0 Å². The highest BCUT2D eigenvalue weighted by molar-refractivity contribution is 5.82. The summed E-state index contributed by atoms with van der Waals surface area (Å²) in [6, 6.07) is 12.8. The van der Waals surface area contributed by atoms with Crippen LogP contribution in [-0.2, 0) is 4.79 Å². The van der Waals surface area contributed by atoms with Gasteiger partial charge in [0.25, 0.3) is 0 Å². The predicted molar refractivity (Wildman–Crippen MR) is 131 cm³/mol. The van der Waals surface area contributed by atoms with Crippen LogP contribution >= 0.6 is 0 Å². The summed E-state index contributed by atoms with van der Waals surface area (Å²) in [5.41, 5.74) is 2.60. The van der Waals surface area contributed by atoms with E-state index in [0.29, 0.717) is 5.56 Å². The molecule has 1 saturated heterocycles. The molecular weight excluding hydrogens is 455 g/mol. The lowest BCUT2D eigenvalue weighted by Crippen LogP contribution is -2.49. The van der Waals surface area contributed by atoms with Crippen molar-refractivity contribution in [2.45, 2.75) is 38.5 Å². The number of nitriles is 1. The van der Waals surface area contributed by atoms with Crippen LogP contribution in [0.25, 0.3) is 11.1 Å². The molecule has 1 aliphatic heterocycles. The number of alkyl halides is 3. The van der Waals surface area contributed by atoms with Gasteiger partial charge in [-0.05, 0) is 47.2 Å². The van der Waals surface area contributed by atoms with Gasteiger partial charge in [0.2, 0.25) is 5.91 Å². The third kappa shape index (κ3) is 7.44. The molecule has 188 valence electrons. The highest BCUT2D eigenvalue weighted by Crippen LogP contribution is 2.35. The molecule has 2 aromatic carbocycles. The highest BCUT2D eigenvalue weighted by Gasteiger charge is 2.43. The molecule has 0 bridgehead atoms. The van der Waals surface area contributed by atoms with Crippen LogP contribution in [0.4, 0.5) is 18.9 Å². The Morgan fingerprint density at radius 1 is 1.11 bits per heavy atom. The number of halogens is 3. The summed E-state index contributed by atoms with van der Waals surface area (Å²) in [4.78, 5) is 14.8. The van der Waals surface area contributed by atoms with Crippen LogP contribution in [-0.4, -0.2) is 50.8 Å². The number of nitrogens with one attached hydrogen (secondary N) is 3. The van der Waals surface area contributed by atoms with Gasteiger partial charge in [-0.2, -0.15) is 18.4 Å². The van der Waals surface area contributed by atoms with Crippen molar-refractivity contribution < 1.29 is 18.0 Å². The molecule has 3 N–H and O–H groups in total. The lowest BCUT2D eigenvalue weighted by molar-refractivity contribution is -0.161. The van der Waals surface area contributed by atoms with Crippen LogP contribution in [0, 0.1) is 17.2 Å². The summed E-state index contributed by atoms with van der Waals surface area (Å²) in [5, 5.41) is 16.9. The minimum Gasteiger partial charge on any atom is -0.369 e. The lowest BCUT2D eigenvalue weighted by atomic mass is 9.96. The van der Waals surface area contributed by atoms with E-state index in [1.807, 2.05) is 38.1 Å². The third-order valence-corrected chi connectivity index (χ3v) is 5.96. The van der Waals surface area contributed by atoms with Crippen LogP contribution < -0.4 is 20.9 Å². The lowest BCUT2D eigenvalue weighted by Gasteiger charge is -2.29. The van der Waals surface area contributed by atoms with Crippen molar-refractivity contribution in [3.63, 3.8) is 0 Å². The van der Waals surface area contributed by atoms with Gasteiger partial charge in [0.05, 0.1) is 12.1 Å². The van der Waals surface area contributed by atoms with Crippen LogP contribution in [0.15, 0.2) is 48.5 Å². The zero-order valence-electron chi connectivity index (χ0n) is 20.0. The molecule has 1 fully saturated rings. The number of anilines is 1. The molecule has 1 amide bonds. The molecule has 35 heavy (non-hydrogen) atoms. The average molecular weight is 488 g/mol. The standard InChI is InChI=1S/C26H32F3N5O/c1-18(2)16-23(25(35)32-11-10-30)33-24(26(27,28)29)21-5-3-4-20(17-21)19-6-8-22(9-7-19)34-14-12-31-13-15-34/h3-9,17-18,23-24,31,33H,11-16H2,1-2H3,(H,32,35)/t23-,24?/m0/s1. The first-order valence-corrected chi connectivity index (χ1v) is 11.8. The molecule has 1 aliphatic rings. The number of piperazine rings is 1. The number of carbonyl (C=O) groups excluding carboxylic acids is 1. The van der Waals surface area contributed by atoms with Crippen LogP contribution in [0.2, 0.25) is 0 Å². The zero-order chi connectivity index (χ0) is 25.4. The van der Waals surface area contributed by atoms with E-state index in [-0.39, 0.29) is 24.4 Å². The Bertz CT molecular complexity index is 1010. The Kier molecular flexibility index (Phi) is 9.13. The van der Waals surface area contributed by atoms with E-state index in [1.165, 1.54) is 12.1 Å². The van der Waals surface area contributed by atoms with E-state index < -0.39 is 24.2 Å². The molecule has 0 saturated carbocycles. The Balaban J connectivity index is 1.85. The maximum absolute atomic E-state index is 14.2. The van der Waals surface area contributed by atoms with Gasteiger partial charge in [0.15, 0.2) is 0 Å². The van der Waals surface area contributed by atoms with Crippen LogP contribution in [0.3, 0.4) is 0 Å². The second-order valence-electron chi connectivity index (χ2n) is 9.11. The summed E-state index contributed by atoms with van der Waals surface area (Å²) >= 11 is 0. The number of hydrogen-bond donors (Lipinski definition) is 3. The van der Waals surface area contributed by atoms with E-state index in [1.54, 1.807) is 18.2 Å². The Morgan fingerprint density at radius 2 is 1.80 bits per heavy atom. The zero-order valence-corrected chi connectivity index (χ0v) is 20.0. The molecule has 0 radical (unpaired) electrons. The third-order valence-electron chi connectivity index (χ3n) is 5.96. The van der Waals surface area contributed by atoms with Gasteiger partial charge in [-0.1, -0.05) is 44.2 Å². The number of amides is 1. The molecule has 0 aromatic heterocycles. The summed E-state index contributed by atoms with van der Waals surface area (Å²) in [6.07, 6.45) is -4.41. The van der Waals surface area contributed by atoms with E-state index in [9.17, 15) is 18.0 Å². The minimum absolute atomic E-state index is 0.0187. The largest absolute Gasteiger partial charge is 0.407 e. The molecule has 3 rings (SSSR count). The van der Waals surface area contributed by atoms with Gasteiger partial charge < -0.3 is 15.5 Å². The summed E-state index contributed by atoms with van der Waals surface area (Å²) in [5.74, 6) is -0.635. The molecule has 0 spiro atoms. The van der Waals surface area contributed by atoms with Gasteiger partial charge in [0, 0.05) is 31.9 Å². The van der Waals surface area contributed by atoms with Gasteiger partial charge >= 0.3 is 6.18 Å². The first-order valence-electron chi connectivity index (χ1n) is 11.8. The molecule has 1 heterocycles. The maximum atomic E-state index is 14.2. The summed E-state index contributed by atoms with van der Waals surface area (Å²) < 4.78 is 42.5. The van der Waals surface area contributed by atoms with Gasteiger partial charge in [-0.3, -0.25) is 10.1 Å². The first-order chi connectivity index (χ1) is 16.7. The molecule has 2 atom stereocenters. The number of hydrogen-bond acceptors (Lipinski definition) is 5. The molecular formula is C26H32F3N5O. The second kappa shape index (κ2) is 12.0. The molecule has 1 unspecified atom stereocenters.